The predicted octanol–water partition coefficient (Wildman–Crippen LogP) is 10.4. The summed E-state index contributed by atoms with van der Waals surface area (Å²) in [7, 11) is 0. The van der Waals surface area contributed by atoms with E-state index in [1.165, 1.54) is 42.1 Å². The van der Waals surface area contributed by atoms with Crippen molar-refractivity contribution in [3.63, 3.8) is 0 Å². The van der Waals surface area contributed by atoms with E-state index in [9.17, 15) is 8.78 Å². The Kier molecular flexibility index (Phi) is 13.8. The minimum atomic E-state index is -2.81. The quantitative estimate of drug-likeness (QED) is 0.226. The Morgan fingerprint density at radius 3 is 2.30 bits per heavy atom. The molecule has 2 nitrogen and oxygen atoms in total. The monoisotopic (exact) mass is 518 g/mol. The Morgan fingerprint density at radius 1 is 1.16 bits per heavy atom. The topological polar surface area (TPSA) is 18.5 Å². The van der Waals surface area contributed by atoms with E-state index in [2.05, 4.69) is 47.4 Å². The fourth-order valence-electron chi connectivity index (χ4n) is 5.54. The molecule has 1 fully saturated rings. The van der Waals surface area contributed by atoms with Crippen LogP contribution in [0, 0.1) is 5.92 Å². The Labute approximate surface area is 226 Å². The van der Waals surface area contributed by atoms with Crippen molar-refractivity contribution in [3.05, 3.63) is 71.1 Å². The highest BCUT2D eigenvalue weighted by molar-refractivity contribution is 5.49. The largest absolute Gasteiger partial charge is 0.483 e. The third-order valence-corrected chi connectivity index (χ3v) is 7.48. The van der Waals surface area contributed by atoms with Crippen molar-refractivity contribution < 1.29 is 18.3 Å². The highest BCUT2D eigenvalue weighted by Crippen LogP contribution is 2.47. The fourth-order valence-corrected chi connectivity index (χ4v) is 5.54. The summed E-state index contributed by atoms with van der Waals surface area (Å²) < 4.78 is 38.1. The van der Waals surface area contributed by atoms with Gasteiger partial charge in [0.05, 0.1) is 0 Å². The maximum absolute atomic E-state index is 13.2. The molecule has 0 N–H and O–H groups in total. The molecule has 37 heavy (non-hydrogen) atoms. The smallest absolute Gasteiger partial charge is 0.270 e. The first-order valence-electron chi connectivity index (χ1n) is 14.1. The van der Waals surface area contributed by atoms with Gasteiger partial charge in [-0.15, -0.1) is 0 Å². The van der Waals surface area contributed by atoms with Gasteiger partial charge in [-0.3, -0.25) is 0 Å². The number of hydrogen-bond acceptors (Lipinski definition) is 2. The second-order valence-electron chi connectivity index (χ2n) is 10.8. The van der Waals surface area contributed by atoms with E-state index in [0.717, 1.165) is 81.5 Å². The molecule has 0 spiro atoms. The summed E-state index contributed by atoms with van der Waals surface area (Å²) in [6.07, 6.45) is 12.5. The Balaban J connectivity index is 0.000000387. The molecule has 2 rings (SSSR count). The summed E-state index contributed by atoms with van der Waals surface area (Å²) in [5, 5.41) is 0. The van der Waals surface area contributed by atoms with Gasteiger partial charge in [-0.1, -0.05) is 70.6 Å². The zero-order valence-electron chi connectivity index (χ0n) is 24.7. The van der Waals surface area contributed by atoms with Crippen LogP contribution in [0.2, 0.25) is 0 Å². The molecule has 4 heteroatoms. The highest BCUT2D eigenvalue weighted by atomic mass is 19.3. The molecule has 2 aliphatic heterocycles. The van der Waals surface area contributed by atoms with E-state index >= 15 is 0 Å². The summed E-state index contributed by atoms with van der Waals surface area (Å²) in [6, 6.07) is 0. The molecule has 2 atom stereocenters. The van der Waals surface area contributed by atoms with Crippen molar-refractivity contribution in [1.29, 1.82) is 0 Å². The molecular weight excluding hydrogens is 466 g/mol. The molecule has 210 valence electrons. The van der Waals surface area contributed by atoms with E-state index in [4.69, 9.17) is 9.47 Å². The van der Waals surface area contributed by atoms with Crippen molar-refractivity contribution in [2.24, 2.45) is 5.92 Å². The first kappa shape index (κ1) is 33.1. The van der Waals surface area contributed by atoms with Crippen LogP contribution in [0.1, 0.15) is 106 Å². The summed E-state index contributed by atoms with van der Waals surface area (Å²) >= 11 is 0. The lowest BCUT2D eigenvalue weighted by atomic mass is 9.80. The number of hydrogen-bond donors (Lipinski definition) is 0. The minimum absolute atomic E-state index is 0.000182. The summed E-state index contributed by atoms with van der Waals surface area (Å²) in [6.45, 7) is 27.0. The molecule has 2 unspecified atom stereocenters. The van der Waals surface area contributed by atoms with Gasteiger partial charge in [0, 0.05) is 31.3 Å². The van der Waals surface area contributed by atoms with Gasteiger partial charge in [-0.25, -0.2) is 8.78 Å². The summed E-state index contributed by atoms with van der Waals surface area (Å²) in [4.78, 5) is 0. The normalized spacial score (nSPS) is 22.9. The Bertz CT molecular complexity index is 878. The average Bonchev–Trinajstić information content (AvgIpc) is 3.41. The predicted molar refractivity (Wildman–Crippen MR) is 155 cm³/mol. The number of halogens is 2. The van der Waals surface area contributed by atoms with Gasteiger partial charge in [0.2, 0.25) is 0 Å². The van der Waals surface area contributed by atoms with E-state index in [1.807, 2.05) is 13.8 Å². The lowest BCUT2D eigenvalue weighted by Crippen LogP contribution is -2.31. The van der Waals surface area contributed by atoms with Crippen LogP contribution >= 0.6 is 0 Å². The Morgan fingerprint density at radius 2 is 1.84 bits per heavy atom. The maximum atomic E-state index is 13.2. The lowest BCUT2D eigenvalue weighted by Gasteiger charge is -2.33. The number of allylic oxidation sites excluding steroid dienone is 6. The third-order valence-electron chi connectivity index (χ3n) is 7.48. The zero-order valence-corrected chi connectivity index (χ0v) is 24.7. The van der Waals surface area contributed by atoms with Crippen LogP contribution in [0.5, 0.6) is 0 Å². The van der Waals surface area contributed by atoms with E-state index in [1.54, 1.807) is 6.08 Å². The van der Waals surface area contributed by atoms with Crippen LogP contribution in [0.25, 0.3) is 0 Å². The molecular formula is C33H52F2O2. The molecule has 0 aromatic heterocycles. The van der Waals surface area contributed by atoms with Crippen LogP contribution in [0.3, 0.4) is 0 Å². The fraction of sp³-hybridized carbons (Fsp3) is 0.636. The second-order valence-corrected chi connectivity index (χ2v) is 10.8. The van der Waals surface area contributed by atoms with Crippen molar-refractivity contribution >= 4 is 0 Å². The van der Waals surface area contributed by atoms with Crippen molar-refractivity contribution in [2.45, 2.75) is 118 Å². The Hall–Kier alpha value is -1.94. The summed E-state index contributed by atoms with van der Waals surface area (Å²) in [5.41, 5.74) is 5.63. The SMILES string of the molecule is C=C(C)C1=C(C)C(=C)OC1(CCC)CCCC1CCOC1.C=C/C(=C\C(CC)=C(/C)CCC)C(C)(F)F. The highest BCUT2D eigenvalue weighted by Gasteiger charge is 2.42. The van der Waals surface area contributed by atoms with Gasteiger partial charge in [-0.05, 0) is 88.9 Å². The lowest BCUT2D eigenvalue weighted by molar-refractivity contribution is 0.0394. The molecule has 0 bridgehead atoms. The maximum Gasteiger partial charge on any atom is 0.270 e. The molecule has 0 aliphatic carbocycles. The van der Waals surface area contributed by atoms with Crippen LogP contribution < -0.4 is 0 Å². The van der Waals surface area contributed by atoms with E-state index in [-0.39, 0.29) is 11.2 Å². The van der Waals surface area contributed by atoms with Crippen molar-refractivity contribution in [2.75, 3.05) is 13.2 Å². The molecule has 2 aliphatic rings. The molecule has 2 heterocycles. The van der Waals surface area contributed by atoms with Gasteiger partial charge in [0.1, 0.15) is 11.4 Å². The van der Waals surface area contributed by atoms with Crippen LogP contribution in [-0.4, -0.2) is 24.7 Å². The number of alkyl halides is 2. The zero-order chi connectivity index (χ0) is 28.2. The van der Waals surface area contributed by atoms with Crippen molar-refractivity contribution in [3.8, 4) is 0 Å². The average molecular weight is 519 g/mol. The van der Waals surface area contributed by atoms with Gasteiger partial charge in [-0.2, -0.15) is 0 Å². The second kappa shape index (κ2) is 15.5. The van der Waals surface area contributed by atoms with Gasteiger partial charge < -0.3 is 9.47 Å². The van der Waals surface area contributed by atoms with Crippen LogP contribution in [0.4, 0.5) is 8.78 Å². The molecule has 0 amide bonds. The molecule has 0 saturated carbocycles. The molecule has 1 saturated heterocycles. The molecule has 0 radical (unpaired) electrons. The molecule has 0 aromatic rings. The standard InChI is InChI=1S/C19H30O2.C14H22F2/c1-6-10-19(11-7-8-17-9-12-20-13-17)18(14(2)3)15(4)16(5)21-19;1-6-9-11(4)12(7-2)10-13(8-3)14(5,15)16/h17H,2,5-13H2,1,3-4H3;8,10H,3,6-7,9H2,1-2,4-5H3/b;12-11+,13-10+. The third kappa shape index (κ3) is 9.71. The van der Waals surface area contributed by atoms with Gasteiger partial charge >= 0.3 is 0 Å². The van der Waals surface area contributed by atoms with Crippen molar-refractivity contribution in [1.82, 2.24) is 0 Å². The number of ether oxygens (including phenoxy) is 2. The first-order valence-corrected chi connectivity index (χ1v) is 14.1. The van der Waals surface area contributed by atoms with E-state index < -0.39 is 5.92 Å². The molecule has 0 aromatic carbocycles. The summed E-state index contributed by atoms with van der Waals surface area (Å²) in [5.74, 6) is -1.23. The number of rotatable bonds is 13. The minimum Gasteiger partial charge on any atom is -0.483 e. The van der Waals surface area contributed by atoms with Gasteiger partial charge in [0.25, 0.3) is 5.92 Å². The van der Waals surface area contributed by atoms with Gasteiger partial charge in [0.15, 0.2) is 0 Å². The first-order chi connectivity index (χ1) is 17.4. The van der Waals surface area contributed by atoms with Crippen LogP contribution in [-0.2, 0) is 9.47 Å². The van der Waals surface area contributed by atoms with E-state index in [0.29, 0.717) is 0 Å². The van der Waals surface area contributed by atoms with Crippen LogP contribution in [0.15, 0.2) is 71.1 Å².